The van der Waals surface area contributed by atoms with Gasteiger partial charge < -0.3 is 52.3 Å². The number of nitrogens with zero attached hydrogens (tertiary/aromatic N) is 2. The molecule has 6 aliphatic rings. The minimum Gasteiger partial charge on any atom is -0.347 e. The standard InChI is InChI=1S/C64H88N10O8/c1-5-65-39(3)57(75)71-55(43-21-9-7-10-22-43)63(81)73-37-47(35-53(73)61(79)69-51-29-17-25-41-19-13-15-27-49(41)51)67-59(77)45-31-33-46(34-32-45)60(78)68-48-36-54(62(80)70-52-30-18-26-42-20-14-16-28-50(42)52)74(38-48)64(82)56(44-23-11-8-12-24-44)72-58(76)40(4)66-6-2/h13-16,19-20,27-28,31-34,39-40,43-44,47-48,51-56,65-66H,5-12,17-18,21-26,29-30,35-38H2,1-4H3,(H,67,77)(H,68,78)(H,69,79)(H,70,80)(H,71,75)(H,72,76)/t39-,40-,47-,48-,51+,52+,53-,54-,55-,56-/m0/s1. The third-order valence-electron chi connectivity index (χ3n) is 18.4. The van der Waals surface area contributed by atoms with Gasteiger partial charge in [-0.1, -0.05) is 101 Å². The molecule has 2 aliphatic heterocycles. The fourth-order valence-electron chi connectivity index (χ4n) is 13.9. The summed E-state index contributed by atoms with van der Waals surface area (Å²) < 4.78 is 0. The number of hydrogen-bond acceptors (Lipinski definition) is 10. The molecule has 3 aromatic rings. The number of benzene rings is 3. The van der Waals surface area contributed by atoms with E-state index in [1.54, 1.807) is 47.9 Å². The van der Waals surface area contributed by atoms with Crippen LogP contribution in [0, 0.1) is 11.8 Å². The van der Waals surface area contributed by atoms with E-state index in [2.05, 4.69) is 54.7 Å². The van der Waals surface area contributed by atoms with Gasteiger partial charge in [0.1, 0.15) is 24.2 Å². The molecule has 0 spiro atoms. The van der Waals surface area contributed by atoms with Gasteiger partial charge in [-0.2, -0.15) is 0 Å². The van der Waals surface area contributed by atoms with Gasteiger partial charge in [0.2, 0.25) is 35.4 Å². The Balaban J connectivity index is 0.898. The zero-order valence-corrected chi connectivity index (χ0v) is 48.6. The van der Waals surface area contributed by atoms with Crippen molar-refractivity contribution in [2.24, 2.45) is 11.8 Å². The number of likely N-dealkylation sites (tertiary alicyclic amines) is 2. The Labute approximate surface area is 484 Å². The van der Waals surface area contributed by atoms with Gasteiger partial charge in [-0.25, -0.2) is 0 Å². The van der Waals surface area contributed by atoms with Gasteiger partial charge in [-0.05, 0) is 162 Å². The molecule has 18 nitrogen and oxygen atoms in total. The Morgan fingerprint density at radius 3 is 1.23 bits per heavy atom. The normalized spacial score (nSPS) is 24.3. The maximum atomic E-state index is 15.0. The Kier molecular flexibility index (Phi) is 20.5. The molecule has 3 aromatic carbocycles. The molecular weight excluding hydrogens is 1040 g/mol. The molecule has 2 heterocycles. The molecule has 2 saturated carbocycles. The molecule has 0 unspecified atom stereocenters. The van der Waals surface area contributed by atoms with Crippen LogP contribution in [0.5, 0.6) is 0 Å². The zero-order valence-electron chi connectivity index (χ0n) is 48.6. The number of amides is 8. The molecular formula is C64H88N10O8. The number of fused-ring (bicyclic) bond motifs is 2. The first kappa shape index (κ1) is 59.9. The number of carbonyl (C=O) groups excluding carboxylic acids is 8. The van der Waals surface area contributed by atoms with Crippen molar-refractivity contribution in [1.29, 1.82) is 0 Å². The fraction of sp³-hybridized carbons (Fsp3) is 0.594. The molecule has 9 rings (SSSR count). The molecule has 4 fully saturated rings. The topological polar surface area (TPSA) is 239 Å². The van der Waals surface area contributed by atoms with Crippen molar-refractivity contribution in [3.8, 4) is 0 Å². The van der Waals surface area contributed by atoms with Gasteiger partial charge in [0.05, 0.1) is 24.2 Å². The monoisotopic (exact) mass is 1120 g/mol. The highest BCUT2D eigenvalue weighted by atomic mass is 16.2. The molecule has 8 amide bonds. The van der Waals surface area contributed by atoms with E-state index in [1.165, 1.54) is 11.1 Å². The van der Waals surface area contributed by atoms with Crippen molar-refractivity contribution in [1.82, 2.24) is 52.3 Å². The molecule has 18 heteroatoms. The second-order valence-electron chi connectivity index (χ2n) is 24.0. The van der Waals surface area contributed by atoms with Crippen LogP contribution in [0.1, 0.15) is 185 Å². The first-order chi connectivity index (χ1) is 39.7. The molecule has 0 aromatic heterocycles. The van der Waals surface area contributed by atoms with Crippen molar-refractivity contribution in [3.63, 3.8) is 0 Å². The first-order valence-electron chi connectivity index (χ1n) is 30.9. The van der Waals surface area contributed by atoms with Crippen molar-refractivity contribution < 1.29 is 38.4 Å². The van der Waals surface area contributed by atoms with E-state index in [-0.39, 0.29) is 96.4 Å². The van der Waals surface area contributed by atoms with Crippen molar-refractivity contribution in [2.75, 3.05) is 26.2 Å². The van der Waals surface area contributed by atoms with Gasteiger partial charge in [-0.15, -0.1) is 0 Å². The summed E-state index contributed by atoms with van der Waals surface area (Å²) in [5.41, 5.74) is 5.03. The molecule has 2 saturated heterocycles. The van der Waals surface area contributed by atoms with Crippen LogP contribution in [0.15, 0.2) is 72.8 Å². The molecule has 442 valence electrons. The van der Waals surface area contributed by atoms with Gasteiger partial charge in [0.25, 0.3) is 11.8 Å². The van der Waals surface area contributed by atoms with E-state index in [1.807, 2.05) is 50.2 Å². The summed E-state index contributed by atoms with van der Waals surface area (Å²) in [6, 6.07) is 16.2. The van der Waals surface area contributed by atoms with Crippen molar-refractivity contribution in [3.05, 3.63) is 106 Å². The second-order valence-corrected chi connectivity index (χ2v) is 24.0. The van der Waals surface area contributed by atoms with E-state index in [4.69, 9.17) is 0 Å². The number of rotatable bonds is 20. The van der Waals surface area contributed by atoms with Crippen LogP contribution in [0.4, 0.5) is 0 Å². The summed E-state index contributed by atoms with van der Waals surface area (Å²) in [7, 11) is 0. The summed E-state index contributed by atoms with van der Waals surface area (Å²) in [6.07, 6.45) is 14.4. The molecule has 10 atom stereocenters. The predicted octanol–water partition coefficient (Wildman–Crippen LogP) is 5.60. The molecule has 8 N–H and O–H groups in total. The quantitative estimate of drug-likeness (QED) is 0.0697. The molecule has 4 aliphatic carbocycles. The summed E-state index contributed by atoms with van der Waals surface area (Å²) in [4.78, 5) is 118. The minimum absolute atomic E-state index is 0.0586. The Hall–Kier alpha value is -6.66. The van der Waals surface area contributed by atoms with Gasteiger partial charge in [0, 0.05) is 36.3 Å². The fourth-order valence-corrected chi connectivity index (χ4v) is 13.9. The average Bonchev–Trinajstić information content (AvgIpc) is 4.21. The molecule has 0 radical (unpaired) electrons. The predicted molar refractivity (Wildman–Crippen MR) is 313 cm³/mol. The lowest BCUT2D eigenvalue weighted by Crippen LogP contribution is -2.58. The van der Waals surface area contributed by atoms with Crippen LogP contribution >= 0.6 is 0 Å². The van der Waals surface area contributed by atoms with E-state index in [0.717, 1.165) is 114 Å². The lowest BCUT2D eigenvalue weighted by Gasteiger charge is -2.35. The van der Waals surface area contributed by atoms with E-state index in [9.17, 15) is 38.4 Å². The number of hydrogen-bond donors (Lipinski definition) is 8. The van der Waals surface area contributed by atoms with E-state index >= 15 is 0 Å². The van der Waals surface area contributed by atoms with Crippen LogP contribution < -0.4 is 42.5 Å². The van der Waals surface area contributed by atoms with Crippen molar-refractivity contribution >= 4 is 47.3 Å². The maximum absolute atomic E-state index is 15.0. The third-order valence-corrected chi connectivity index (χ3v) is 18.4. The van der Waals surface area contributed by atoms with Crippen molar-refractivity contribution in [2.45, 2.75) is 204 Å². The second kappa shape index (κ2) is 28.1. The summed E-state index contributed by atoms with van der Waals surface area (Å²) >= 11 is 0. The van der Waals surface area contributed by atoms with Crippen LogP contribution in [-0.4, -0.2) is 132 Å². The summed E-state index contributed by atoms with van der Waals surface area (Å²) in [5.74, 6) is -2.93. The van der Waals surface area contributed by atoms with Gasteiger partial charge in [0.15, 0.2) is 0 Å². The number of nitrogens with one attached hydrogen (secondary N) is 8. The van der Waals surface area contributed by atoms with Gasteiger partial charge in [-0.3, -0.25) is 38.4 Å². The van der Waals surface area contributed by atoms with E-state index < -0.39 is 60.1 Å². The summed E-state index contributed by atoms with van der Waals surface area (Å²) in [6.45, 7) is 8.65. The number of likely N-dealkylation sites (N-methyl/N-ethyl adjacent to an activating group) is 2. The largest absolute Gasteiger partial charge is 0.347 e. The van der Waals surface area contributed by atoms with Crippen LogP contribution in [0.2, 0.25) is 0 Å². The first-order valence-corrected chi connectivity index (χ1v) is 30.9. The SMILES string of the molecule is CCN[C@@H](C)C(=O)N[C@H](C(=O)N1C[C@@H](NC(=O)c2ccc(C(=O)N[C@H]3C[C@@H](C(=O)N[C@@H]4CCCc5ccccc54)N(C(=O)[C@@H](NC(=O)[C@H](C)NCC)C4CCCCC4)C3)cc2)C[C@H]1C(=O)N[C@@H]1CCCc2ccccc21)C1CCCCC1. The third kappa shape index (κ3) is 14.4. The smallest absolute Gasteiger partial charge is 0.251 e. The highest BCUT2D eigenvalue weighted by Crippen LogP contribution is 2.35. The summed E-state index contributed by atoms with van der Waals surface area (Å²) in [5, 5.41) is 25.2. The van der Waals surface area contributed by atoms with Crippen LogP contribution in [-0.2, 0) is 41.6 Å². The zero-order chi connectivity index (χ0) is 57.9. The number of aryl methyl sites for hydroxylation is 2. The lowest BCUT2D eigenvalue weighted by atomic mass is 9.83. The Morgan fingerprint density at radius 1 is 0.476 bits per heavy atom. The minimum atomic E-state index is -0.910. The molecule has 82 heavy (non-hydrogen) atoms. The van der Waals surface area contributed by atoms with E-state index in [0.29, 0.717) is 13.1 Å². The lowest BCUT2D eigenvalue weighted by molar-refractivity contribution is -0.143. The Bertz CT molecular complexity index is 2580. The number of carbonyl (C=O) groups is 8. The maximum Gasteiger partial charge on any atom is 0.251 e. The van der Waals surface area contributed by atoms with Crippen LogP contribution in [0.3, 0.4) is 0 Å². The molecule has 0 bridgehead atoms. The average molecular weight is 1130 g/mol. The van der Waals surface area contributed by atoms with Gasteiger partial charge >= 0.3 is 0 Å². The van der Waals surface area contributed by atoms with Crippen LogP contribution in [0.25, 0.3) is 0 Å². The highest BCUT2D eigenvalue weighted by molar-refractivity contribution is 5.99. The Morgan fingerprint density at radius 2 is 0.854 bits per heavy atom. The highest BCUT2D eigenvalue weighted by Gasteiger charge is 2.47.